The fraction of sp³-hybridized carbons (Fsp3) is 0.400. The molecule has 1 aliphatic rings. The largest absolute Gasteiger partial charge is 0.371 e. The van der Waals surface area contributed by atoms with Crippen LogP contribution in [0.3, 0.4) is 0 Å². The number of hydrogen-bond donors (Lipinski definition) is 0. The highest BCUT2D eigenvalue weighted by atomic mass is 79.9. The van der Waals surface area contributed by atoms with Gasteiger partial charge in [0.05, 0.1) is 5.69 Å². The van der Waals surface area contributed by atoms with Crippen LogP contribution >= 0.6 is 15.9 Å². The van der Waals surface area contributed by atoms with E-state index in [1.807, 2.05) is 0 Å². The second-order valence-corrected chi connectivity index (χ2v) is 4.00. The first kappa shape index (κ1) is 8.11. The molecule has 1 saturated heterocycles. The van der Waals surface area contributed by atoms with E-state index in [-0.39, 0.29) is 0 Å². The summed E-state index contributed by atoms with van der Waals surface area (Å²) in [7, 11) is 0. The minimum atomic E-state index is 1.21. The summed E-state index contributed by atoms with van der Waals surface area (Å²) >= 11 is 3.56. The normalized spacial score (nSPS) is 16.9. The van der Waals surface area contributed by atoms with Crippen LogP contribution in [0.2, 0.25) is 0 Å². The lowest BCUT2D eigenvalue weighted by Crippen LogP contribution is -2.17. The molecule has 64 valence electrons. The molecule has 0 atom stereocenters. The zero-order chi connectivity index (χ0) is 8.39. The highest BCUT2D eigenvalue weighted by Crippen LogP contribution is 2.28. The first-order valence-electron chi connectivity index (χ1n) is 4.37. The molecular weight excluding hydrogens is 214 g/mol. The van der Waals surface area contributed by atoms with Crippen molar-refractivity contribution in [3.05, 3.63) is 28.7 Å². The summed E-state index contributed by atoms with van der Waals surface area (Å²) in [6.07, 6.45) is 2.67. The number of nitrogens with zero attached hydrogens (tertiary/aromatic N) is 1. The van der Waals surface area contributed by atoms with Gasteiger partial charge >= 0.3 is 0 Å². The van der Waals surface area contributed by atoms with E-state index in [0.29, 0.717) is 0 Å². The summed E-state index contributed by atoms with van der Waals surface area (Å²) in [5.74, 6) is 0. The van der Waals surface area contributed by atoms with Crippen molar-refractivity contribution in [1.29, 1.82) is 0 Å². The van der Waals surface area contributed by atoms with E-state index in [9.17, 15) is 0 Å². The average Bonchev–Trinajstić information content (AvgIpc) is 2.57. The molecule has 1 heterocycles. The Morgan fingerprint density at radius 1 is 1.08 bits per heavy atom. The van der Waals surface area contributed by atoms with Crippen molar-refractivity contribution >= 4 is 21.6 Å². The topological polar surface area (TPSA) is 3.24 Å². The number of halogens is 1. The number of para-hydroxylation sites is 1. The second-order valence-electron chi connectivity index (χ2n) is 3.15. The van der Waals surface area contributed by atoms with Crippen LogP contribution in [-0.4, -0.2) is 13.1 Å². The molecule has 1 aromatic rings. The smallest absolute Gasteiger partial charge is 0.0510 e. The molecule has 2 rings (SSSR count). The van der Waals surface area contributed by atoms with Crippen molar-refractivity contribution in [2.45, 2.75) is 12.8 Å². The zero-order valence-corrected chi connectivity index (χ0v) is 8.55. The fourth-order valence-electron chi connectivity index (χ4n) is 1.67. The monoisotopic (exact) mass is 225 g/mol. The molecule has 0 aliphatic carbocycles. The molecule has 12 heavy (non-hydrogen) atoms. The van der Waals surface area contributed by atoms with E-state index < -0.39 is 0 Å². The van der Waals surface area contributed by atoms with Crippen LogP contribution in [0, 0.1) is 0 Å². The van der Waals surface area contributed by atoms with Crippen molar-refractivity contribution in [2.24, 2.45) is 0 Å². The van der Waals surface area contributed by atoms with E-state index in [0.717, 1.165) is 0 Å². The molecule has 0 amide bonds. The standard InChI is InChI=1S/C10H12BrN/c11-9-5-1-2-6-10(9)12-7-3-4-8-12/h1-2,5-6H,3-4,7-8H2. The van der Waals surface area contributed by atoms with Crippen LogP contribution in [0.4, 0.5) is 5.69 Å². The Balaban J connectivity index is 2.26. The highest BCUT2D eigenvalue weighted by molar-refractivity contribution is 9.10. The number of hydrogen-bond acceptors (Lipinski definition) is 1. The van der Waals surface area contributed by atoms with E-state index >= 15 is 0 Å². The van der Waals surface area contributed by atoms with Crippen LogP contribution in [0.1, 0.15) is 12.8 Å². The van der Waals surface area contributed by atoms with Gasteiger partial charge in [0.25, 0.3) is 0 Å². The molecule has 1 fully saturated rings. The number of anilines is 1. The summed E-state index contributed by atoms with van der Waals surface area (Å²) < 4.78 is 1.21. The minimum absolute atomic E-state index is 1.21. The Bertz CT molecular complexity index is 266. The number of benzene rings is 1. The van der Waals surface area contributed by atoms with Gasteiger partial charge in [-0.25, -0.2) is 0 Å². The summed E-state index contributed by atoms with van der Waals surface area (Å²) in [6.45, 7) is 2.42. The summed E-state index contributed by atoms with van der Waals surface area (Å²) in [4.78, 5) is 2.43. The Kier molecular flexibility index (Phi) is 2.35. The molecule has 0 bridgehead atoms. The second kappa shape index (κ2) is 3.48. The van der Waals surface area contributed by atoms with Gasteiger partial charge in [-0.05, 0) is 40.9 Å². The third-order valence-electron chi connectivity index (χ3n) is 2.30. The molecule has 2 heteroatoms. The van der Waals surface area contributed by atoms with Gasteiger partial charge in [-0.3, -0.25) is 0 Å². The van der Waals surface area contributed by atoms with Gasteiger partial charge in [0.2, 0.25) is 0 Å². The lowest BCUT2D eigenvalue weighted by atomic mass is 10.3. The van der Waals surface area contributed by atoms with Crippen molar-refractivity contribution in [2.75, 3.05) is 18.0 Å². The molecule has 1 nitrogen and oxygen atoms in total. The third-order valence-corrected chi connectivity index (χ3v) is 2.97. The van der Waals surface area contributed by atoms with E-state index in [1.165, 1.54) is 36.1 Å². The van der Waals surface area contributed by atoms with Crippen molar-refractivity contribution < 1.29 is 0 Å². The lowest BCUT2D eigenvalue weighted by molar-refractivity contribution is 0.949. The van der Waals surface area contributed by atoms with Gasteiger partial charge < -0.3 is 4.90 Å². The van der Waals surface area contributed by atoms with Crippen LogP contribution in [0.25, 0.3) is 0 Å². The van der Waals surface area contributed by atoms with Gasteiger partial charge in [-0.15, -0.1) is 0 Å². The van der Waals surface area contributed by atoms with Crippen molar-refractivity contribution in [1.82, 2.24) is 0 Å². The minimum Gasteiger partial charge on any atom is -0.371 e. The Morgan fingerprint density at radius 3 is 2.42 bits per heavy atom. The molecule has 0 N–H and O–H groups in total. The van der Waals surface area contributed by atoms with Gasteiger partial charge in [0.1, 0.15) is 0 Å². The molecule has 0 radical (unpaired) electrons. The summed E-state index contributed by atoms with van der Waals surface area (Å²) in [5, 5.41) is 0. The Morgan fingerprint density at radius 2 is 1.75 bits per heavy atom. The highest BCUT2D eigenvalue weighted by Gasteiger charge is 2.13. The maximum absolute atomic E-state index is 3.56. The van der Waals surface area contributed by atoms with Gasteiger partial charge in [-0.2, -0.15) is 0 Å². The SMILES string of the molecule is Brc1ccccc1N1CCCC1. The van der Waals surface area contributed by atoms with E-state index in [1.54, 1.807) is 0 Å². The maximum Gasteiger partial charge on any atom is 0.0510 e. The predicted octanol–water partition coefficient (Wildman–Crippen LogP) is 3.05. The van der Waals surface area contributed by atoms with E-state index in [4.69, 9.17) is 0 Å². The van der Waals surface area contributed by atoms with E-state index in [2.05, 4.69) is 45.1 Å². The quantitative estimate of drug-likeness (QED) is 0.711. The van der Waals surface area contributed by atoms with Gasteiger partial charge in [0.15, 0.2) is 0 Å². The number of rotatable bonds is 1. The molecule has 0 unspecified atom stereocenters. The predicted molar refractivity (Wildman–Crippen MR) is 55.6 cm³/mol. The summed E-state index contributed by atoms with van der Waals surface area (Å²) in [5.41, 5.74) is 1.34. The van der Waals surface area contributed by atoms with Gasteiger partial charge in [0, 0.05) is 17.6 Å². The van der Waals surface area contributed by atoms with Crippen LogP contribution in [-0.2, 0) is 0 Å². The molecule has 0 spiro atoms. The lowest BCUT2D eigenvalue weighted by Gasteiger charge is -2.18. The van der Waals surface area contributed by atoms with Gasteiger partial charge in [-0.1, -0.05) is 12.1 Å². The first-order valence-corrected chi connectivity index (χ1v) is 5.17. The zero-order valence-electron chi connectivity index (χ0n) is 6.96. The fourth-order valence-corrected chi connectivity index (χ4v) is 2.20. The molecular formula is C10H12BrN. The average molecular weight is 226 g/mol. The Hall–Kier alpha value is -0.500. The van der Waals surface area contributed by atoms with Crippen molar-refractivity contribution in [3.63, 3.8) is 0 Å². The van der Waals surface area contributed by atoms with Crippen LogP contribution in [0.5, 0.6) is 0 Å². The van der Waals surface area contributed by atoms with Crippen molar-refractivity contribution in [3.8, 4) is 0 Å². The molecule has 0 saturated carbocycles. The summed E-state index contributed by atoms with van der Waals surface area (Å²) in [6, 6.07) is 8.44. The molecule has 1 aliphatic heterocycles. The maximum atomic E-state index is 3.56. The van der Waals surface area contributed by atoms with Crippen LogP contribution < -0.4 is 4.90 Å². The third kappa shape index (κ3) is 1.48. The van der Waals surface area contributed by atoms with Crippen LogP contribution in [0.15, 0.2) is 28.7 Å². The Labute approximate surface area is 81.5 Å². The molecule has 0 aromatic heterocycles. The molecule has 1 aromatic carbocycles. The first-order chi connectivity index (χ1) is 5.88.